The van der Waals surface area contributed by atoms with Crippen LogP contribution in [0.2, 0.25) is 0 Å². The van der Waals surface area contributed by atoms with Gasteiger partial charge in [0, 0.05) is 11.3 Å². The summed E-state index contributed by atoms with van der Waals surface area (Å²) in [7, 11) is 3.05. The summed E-state index contributed by atoms with van der Waals surface area (Å²) in [5.74, 6) is 0.811. The maximum absolute atomic E-state index is 14.4. The standard InChI is InChI=1S/C30H32FNO3/c1-18(30(33)35-3)29(22-9-10-22)23-11-8-21-12-15-27(32-28(21)16-23)20-6-4-19(5-7-20)25-17-24(34-2)13-14-26(25)31/h4-8,11,13-14,16-18,22,27,29,32H,9-10,12,15H2,1-3H3/t18-,27?,29?/m0/s1. The number of carbonyl (C=O) groups excluding carboxylic acids is 1. The molecule has 0 saturated heterocycles. The van der Waals surface area contributed by atoms with Crippen LogP contribution in [-0.2, 0) is 16.0 Å². The summed E-state index contributed by atoms with van der Waals surface area (Å²) < 4.78 is 24.7. The van der Waals surface area contributed by atoms with Crippen molar-refractivity contribution in [2.45, 2.75) is 44.6 Å². The largest absolute Gasteiger partial charge is 0.497 e. The number of hydrogen-bond donors (Lipinski definition) is 1. The van der Waals surface area contributed by atoms with Gasteiger partial charge in [0.25, 0.3) is 0 Å². The molecule has 1 saturated carbocycles. The molecule has 2 aliphatic rings. The first-order valence-corrected chi connectivity index (χ1v) is 12.4. The predicted octanol–water partition coefficient (Wildman–Crippen LogP) is 6.90. The van der Waals surface area contributed by atoms with Crippen molar-refractivity contribution >= 4 is 11.7 Å². The molecule has 182 valence electrons. The summed E-state index contributed by atoms with van der Waals surface area (Å²) in [4.78, 5) is 12.3. The van der Waals surface area contributed by atoms with E-state index in [-0.39, 0.29) is 29.7 Å². The van der Waals surface area contributed by atoms with Crippen LogP contribution in [0.25, 0.3) is 11.1 Å². The van der Waals surface area contributed by atoms with E-state index in [9.17, 15) is 9.18 Å². The van der Waals surface area contributed by atoms with Gasteiger partial charge in [-0.25, -0.2) is 4.39 Å². The molecule has 1 heterocycles. The van der Waals surface area contributed by atoms with E-state index in [0.717, 1.165) is 24.1 Å². The van der Waals surface area contributed by atoms with Crippen LogP contribution in [-0.4, -0.2) is 20.2 Å². The molecule has 1 aliphatic carbocycles. The number of methoxy groups -OCH3 is 2. The van der Waals surface area contributed by atoms with E-state index in [4.69, 9.17) is 9.47 Å². The maximum Gasteiger partial charge on any atom is 0.309 e. The van der Waals surface area contributed by atoms with Gasteiger partial charge < -0.3 is 14.8 Å². The van der Waals surface area contributed by atoms with Crippen LogP contribution in [0.1, 0.15) is 54.8 Å². The van der Waals surface area contributed by atoms with Gasteiger partial charge in [-0.05, 0) is 84.0 Å². The summed E-state index contributed by atoms with van der Waals surface area (Å²) in [5.41, 5.74) is 6.20. The quantitative estimate of drug-likeness (QED) is 0.379. The second-order valence-corrected chi connectivity index (χ2v) is 9.80. The van der Waals surface area contributed by atoms with Gasteiger partial charge in [0.05, 0.1) is 26.2 Å². The number of aryl methyl sites for hydroxylation is 1. The first-order chi connectivity index (χ1) is 17.0. The van der Waals surface area contributed by atoms with Crippen molar-refractivity contribution < 1.29 is 18.7 Å². The molecule has 0 spiro atoms. The minimum atomic E-state index is -0.262. The number of halogens is 1. The lowest BCUT2D eigenvalue weighted by molar-refractivity contribution is -0.145. The van der Waals surface area contributed by atoms with Gasteiger partial charge in [-0.15, -0.1) is 0 Å². The lowest BCUT2D eigenvalue weighted by atomic mass is 9.81. The third-order valence-corrected chi connectivity index (χ3v) is 7.59. The molecule has 5 rings (SSSR count). The molecule has 1 N–H and O–H groups in total. The van der Waals surface area contributed by atoms with Crippen LogP contribution in [0.15, 0.2) is 60.7 Å². The van der Waals surface area contributed by atoms with Gasteiger partial charge in [-0.2, -0.15) is 0 Å². The van der Waals surface area contributed by atoms with Crippen molar-refractivity contribution in [2.24, 2.45) is 11.8 Å². The molecule has 4 nitrogen and oxygen atoms in total. The van der Waals surface area contributed by atoms with E-state index in [1.165, 1.54) is 42.7 Å². The van der Waals surface area contributed by atoms with Gasteiger partial charge in [-0.3, -0.25) is 4.79 Å². The van der Waals surface area contributed by atoms with Gasteiger partial charge in [-0.1, -0.05) is 43.3 Å². The number of benzene rings is 3. The maximum atomic E-state index is 14.4. The fourth-order valence-electron chi connectivity index (χ4n) is 5.47. The van der Waals surface area contributed by atoms with Crippen molar-refractivity contribution in [3.8, 4) is 16.9 Å². The monoisotopic (exact) mass is 473 g/mol. The molecule has 1 fully saturated rings. The summed E-state index contributed by atoms with van der Waals surface area (Å²) in [6, 6.07) is 19.7. The van der Waals surface area contributed by atoms with E-state index in [0.29, 0.717) is 17.2 Å². The van der Waals surface area contributed by atoms with E-state index < -0.39 is 0 Å². The number of esters is 1. The molecule has 5 heteroatoms. The van der Waals surface area contributed by atoms with Gasteiger partial charge >= 0.3 is 5.97 Å². The number of nitrogens with one attached hydrogen (secondary N) is 1. The molecule has 0 amide bonds. The molecular weight excluding hydrogens is 441 g/mol. The topological polar surface area (TPSA) is 47.6 Å². The molecular formula is C30H32FNO3. The van der Waals surface area contributed by atoms with Crippen LogP contribution >= 0.6 is 0 Å². The molecule has 3 atom stereocenters. The van der Waals surface area contributed by atoms with E-state index in [2.05, 4.69) is 35.6 Å². The zero-order chi connectivity index (χ0) is 24.5. The third-order valence-electron chi connectivity index (χ3n) is 7.59. The molecule has 1 aliphatic heterocycles. The van der Waals surface area contributed by atoms with E-state index in [1.54, 1.807) is 19.2 Å². The molecule has 0 aromatic heterocycles. The number of anilines is 1. The highest BCUT2D eigenvalue weighted by Gasteiger charge is 2.39. The van der Waals surface area contributed by atoms with Gasteiger partial charge in [0.15, 0.2) is 0 Å². The van der Waals surface area contributed by atoms with Crippen molar-refractivity contribution in [1.29, 1.82) is 0 Å². The summed E-state index contributed by atoms with van der Waals surface area (Å²) in [5, 5.41) is 3.73. The number of ether oxygens (including phenoxy) is 2. The normalized spacial score (nSPS) is 18.7. The summed E-state index contributed by atoms with van der Waals surface area (Å²) >= 11 is 0. The Labute approximate surface area is 206 Å². The van der Waals surface area contributed by atoms with Crippen LogP contribution in [0.5, 0.6) is 5.75 Å². The van der Waals surface area contributed by atoms with Gasteiger partial charge in [0.1, 0.15) is 11.6 Å². The Morgan fingerprint density at radius 2 is 1.77 bits per heavy atom. The Balaban J connectivity index is 1.37. The average molecular weight is 474 g/mol. The van der Waals surface area contributed by atoms with Crippen LogP contribution in [0, 0.1) is 17.7 Å². The zero-order valence-electron chi connectivity index (χ0n) is 20.5. The SMILES string of the molecule is COC(=O)[C@@H](C)C(c1ccc2c(c1)NC(c1ccc(-c3cc(OC)ccc3F)cc1)CC2)C1CC1. The average Bonchev–Trinajstić information content (AvgIpc) is 3.73. The molecule has 35 heavy (non-hydrogen) atoms. The lowest BCUT2D eigenvalue weighted by Gasteiger charge is -2.30. The fourth-order valence-corrected chi connectivity index (χ4v) is 5.47. The second kappa shape index (κ2) is 9.73. The van der Waals surface area contributed by atoms with E-state index in [1.807, 2.05) is 19.1 Å². The Kier molecular flexibility index (Phi) is 6.50. The Bertz CT molecular complexity index is 1220. The van der Waals surface area contributed by atoms with Crippen molar-refractivity contribution in [1.82, 2.24) is 0 Å². The smallest absolute Gasteiger partial charge is 0.309 e. The number of rotatable bonds is 7. The molecule has 0 radical (unpaired) electrons. The Hall–Kier alpha value is -3.34. The highest BCUT2D eigenvalue weighted by atomic mass is 19.1. The summed E-state index contributed by atoms with van der Waals surface area (Å²) in [6.45, 7) is 1.98. The Morgan fingerprint density at radius 3 is 2.46 bits per heavy atom. The van der Waals surface area contributed by atoms with Crippen LogP contribution in [0.4, 0.5) is 10.1 Å². The number of fused-ring (bicyclic) bond motifs is 1. The van der Waals surface area contributed by atoms with Gasteiger partial charge in [0.2, 0.25) is 0 Å². The van der Waals surface area contributed by atoms with Crippen molar-refractivity contribution in [3.63, 3.8) is 0 Å². The molecule has 3 aromatic carbocycles. The minimum absolute atomic E-state index is 0.141. The highest BCUT2D eigenvalue weighted by Crippen LogP contribution is 2.48. The Morgan fingerprint density at radius 1 is 1.00 bits per heavy atom. The minimum Gasteiger partial charge on any atom is -0.497 e. The zero-order valence-corrected chi connectivity index (χ0v) is 20.5. The molecule has 0 bridgehead atoms. The fraction of sp³-hybridized carbons (Fsp3) is 0.367. The molecule has 3 aromatic rings. The van der Waals surface area contributed by atoms with E-state index >= 15 is 0 Å². The third kappa shape index (κ3) is 4.77. The van der Waals surface area contributed by atoms with Crippen molar-refractivity contribution in [2.75, 3.05) is 19.5 Å². The van der Waals surface area contributed by atoms with Crippen molar-refractivity contribution in [3.05, 3.63) is 83.2 Å². The first-order valence-electron chi connectivity index (χ1n) is 12.4. The number of hydrogen-bond acceptors (Lipinski definition) is 4. The summed E-state index contributed by atoms with van der Waals surface area (Å²) in [6.07, 6.45) is 4.31. The van der Waals surface area contributed by atoms with Crippen LogP contribution in [0.3, 0.4) is 0 Å². The van der Waals surface area contributed by atoms with Crippen LogP contribution < -0.4 is 10.1 Å². The predicted molar refractivity (Wildman–Crippen MR) is 136 cm³/mol. The first kappa shape index (κ1) is 23.4. The second-order valence-electron chi connectivity index (χ2n) is 9.80. The lowest BCUT2D eigenvalue weighted by Crippen LogP contribution is -2.23. The molecule has 2 unspecified atom stereocenters. The number of carbonyl (C=O) groups is 1. The highest BCUT2D eigenvalue weighted by molar-refractivity contribution is 5.73.